The number of ether oxygens (including phenoxy) is 1. The van der Waals surface area contributed by atoms with Crippen molar-refractivity contribution in [2.45, 2.75) is 26.2 Å². The Morgan fingerprint density at radius 1 is 1.10 bits per heavy atom. The summed E-state index contributed by atoms with van der Waals surface area (Å²) in [6.45, 7) is 2.09. The SMILES string of the molecule is CCc1ccccc1NC(=O)CCc1ccc(OC)cc1. The van der Waals surface area contributed by atoms with Gasteiger partial charge in [-0.2, -0.15) is 0 Å². The van der Waals surface area contributed by atoms with Crippen LogP contribution in [0.4, 0.5) is 5.69 Å². The van der Waals surface area contributed by atoms with E-state index in [-0.39, 0.29) is 5.91 Å². The van der Waals surface area contributed by atoms with E-state index in [2.05, 4.69) is 12.2 Å². The number of carbonyl (C=O) groups excluding carboxylic acids is 1. The molecule has 2 aromatic rings. The van der Waals surface area contributed by atoms with Gasteiger partial charge in [-0.05, 0) is 42.2 Å². The second-order valence-electron chi connectivity index (χ2n) is 4.91. The Labute approximate surface area is 126 Å². The van der Waals surface area contributed by atoms with Crippen molar-refractivity contribution in [3.05, 3.63) is 59.7 Å². The molecule has 0 bridgehead atoms. The molecule has 110 valence electrons. The van der Waals surface area contributed by atoms with Gasteiger partial charge in [0.15, 0.2) is 0 Å². The molecule has 21 heavy (non-hydrogen) atoms. The van der Waals surface area contributed by atoms with Crippen molar-refractivity contribution in [2.24, 2.45) is 0 Å². The molecule has 2 aromatic carbocycles. The second-order valence-corrected chi connectivity index (χ2v) is 4.91. The van der Waals surface area contributed by atoms with Crippen molar-refractivity contribution in [1.29, 1.82) is 0 Å². The number of methoxy groups -OCH3 is 1. The summed E-state index contributed by atoms with van der Waals surface area (Å²) >= 11 is 0. The Morgan fingerprint density at radius 2 is 1.81 bits per heavy atom. The number of anilines is 1. The summed E-state index contributed by atoms with van der Waals surface area (Å²) in [4.78, 5) is 12.0. The van der Waals surface area contributed by atoms with Gasteiger partial charge in [0.2, 0.25) is 5.91 Å². The maximum atomic E-state index is 12.0. The summed E-state index contributed by atoms with van der Waals surface area (Å²) in [5.41, 5.74) is 3.21. The lowest BCUT2D eigenvalue weighted by atomic mass is 10.1. The van der Waals surface area contributed by atoms with Crippen LogP contribution in [-0.4, -0.2) is 13.0 Å². The van der Waals surface area contributed by atoms with Crippen LogP contribution in [0.15, 0.2) is 48.5 Å². The second kappa shape index (κ2) is 7.48. The third kappa shape index (κ3) is 4.35. The van der Waals surface area contributed by atoms with E-state index < -0.39 is 0 Å². The van der Waals surface area contributed by atoms with E-state index in [0.29, 0.717) is 6.42 Å². The van der Waals surface area contributed by atoms with Crippen molar-refractivity contribution < 1.29 is 9.53 Å². The summed E-state index contributed by atoms with van der Waals surface area (Å²) in [5, 5.41) is 2.99. The molecule has 2 rings (SSSR count). The van der Waals surface area contributed by atoms with Gasteiger partial charge >= 0.3 is 0 Å². The average Bonchev–Trinajstić information content (AvgIpc) is 2.54. The highest BCUT2D eigenvalue weighted by atomic mass is 16.5. The van der Waals surface area contributed by atoms with Crippen LogP contribution in [0.1, 0.15) is 24.5 Å². The van der Waals surface area contributed by atoms with Crippen LogP contribution in [0, 0.1) is 0 Å². The molecule has 0 saturated carbocycles. The summed E-state index contributed by atoms with van der Waals surface area (Å²) < 4.78 is 5.12. The van der Waals surface area contributed by atoms with E-state index in [4.69, 9.17) is 4.74 Å². The molecule has 0 spiro atoms. The minimum absolute atomic E-state index is 0.0479. The van der Waals surface area contributed by atoms with Crippen LogP contribution in [-0.2, 0) is 17.6 Å². The maximum absolute atomic E-state index is 12.0. The molecule has 0 radical (unpaired) electrons. The zero-order chi connectivity index (χ0) is 15.1. The van der Waals surface area contributed by atoms with E-state index in [9.17, 15) is 4.79 Å². The van der Waals surface area contributed by atoms with Crippen LogP contribution in [0.25, 0.3) is 0 Å². The molecule has 1 amide bonds. The van der Waals surface area contributed by atoms with Gasteiger partial charge < -0.3 is 10.1 Å². The van der Waals surface area contributed by atoms with E-state index in [1.807, 2.05) is 48.5 Å². The Morgan fingerprint density at radius 3 is 2.48 bits per heavy atom. The van der Waals surface area contributed by atoms with Crippen LogP contribution < -0.4 is 10.1 Å². The minimum atomic E-state index is 0.0479. The molecule has 3 heteroatoms. The molecule has 0 unspecified atom stereocenters. The Kier molecular flexibility index (Phi) is 5.38. The van der Waals surface area contributed by atoms with Crippen LogP contribution in [0.3, 0.4) is 0 Å². The summed E-state index contributed by atoms with van der Waals surface area (Å²) in [6, 6.07) is 15.7. The standard InChI is InChI=1S/C18H21NO2/c1-3-15-6-4-5-7-17(15)19-18(20)13-10-14-8-11-16(21-2)12-9-14/h4-9,11-12H,3,10,13H2,1-2H3,(H,19,20). The largest absolute Gasteiger partial charge is 0.497 e. The lowest BCUT2D eigenvalue weighted by molar-refractivity contribution is -0.116. The van der Waals surface area contributed by atoms with Gasteiger partial charge in [0.1, 0.15) is 5.75 Å². The van der Waals surface area contributed by atoms with Gasteiger partial charge in [-0.1, -0.05) is 37.3 Å². The first-order valence-electron chi connectivity index (χ1n) is 7.23. The Hall–Kier alpha value is -2.29. The number of hydrogen-bond acceptors (Lipinski definition) is 2. The van der Waals surface area contributed by atoms with Gasteiger partial charge in [0.25, 0.3) is 0 Å². The summed E-state index contributed by atoms with van der Waals surface area (Å²) in [6.07, 6.45) is 2.11. The molecule has 0 aliphatic heterocycles. The van der Waals surface area contributed by atoms with Crippen molar-refractivity contribution in [3.63, 3.8) is 0 Å². The average molecular weight is 283 g/mol. The number of benzene rings is 2. The number of hydrogen-bond donors (Lipinski definition) is 1. The Balaban J connectivity index is 1.89. The zero-order valence-electron chi connectivity index (χ0n) is 12.6. The molecule has 0 fully saturated rings. The molecule has 0 saturated heterocycles. The van der Waals surface area contributed by atoms with Crippen molar-refractivity contribution in [2.75, 3.05) is 12.4 Å². The van der Waals surface area contributed by atoms with E-state index in [0.717, 1.165) is 35.4 Å². The van der Waals surface area contributed by atoms with Crippen molar-refractivity contribution >= 4 is 11.6 Å². The number of carbonyl (C=O) groups is 1. The molecule has 3 nitrogen and oxygen atoms in total. The predicted molar refractivity (Wildman–Crippen MR) is 85.8 cm³/mol. The first kappa shape index (κ1) is 15.1. The molecule has 1 N–H and O–H groups in total. The fourth-order valence-corrected chi connectivity index (χ4v) is 2.21. The van der Waals surface area contributed by atoms with E-state index in [1.165, 1.54) is 0 Å². The third-order valence-electron chi connectivity index (χ3n) is 3.47. The molecular weight excluding hydrogens is 262 g/mol. The van der Waals surface area contributed by atoms with Crippen molar-refractivity contribution in [3.8, 4) is 5.75 Å². The minimum Gasteiger partial charge on any atom is -0.497 e. The quantitative estimate of drug-likeness (QED) is 0.875. The van der Waals surface area contributed by atoms with E-state index >= 15 is 0 Å². The highest BCUT2D eigenvalue weighted by Gasteiger charge is 2.06. The summed E-state index contributed by atoms with van der Waals surface area (Å²) in [5.74, 6) is 0.881. The molecule has 0 atom stereocenters. The fraction of sp³-hybridized carbons (Fsp3) is 0.278. The molecule has 0 heterocycles. The van der Waals surface area contributed by atoms with Gasteiger partial charge in [-0.3, -0.25) is 4.79 Å². The van der Waals surface area contributed by atoms with Gasteiger partial charge in [0.05, 0.1) is 7.11 Å². The predicted octanol–water partition coefficient (Wildman–Crippen LogP) is 3.83. The van der Waals surface area contributed by atoms with E-state index in [1.54, 1.807) is 7.11 Å². The number of aryl methyl sites for hydroxylation is 2. The summed E-state index contributed by atoms with van der Waals surface area (Å²) in [7, 11) is 1.65. The smallest absolute Gasteiger partial charge is 0.224 e. The number of rotatable bonds is 6. The molecule has 0 aliphatic rings. The zero-order valence-corrected chi connectivity index (χ0v) is 12.6. The van der Waals surface area contributed by atoms with Crippen LogP contribution in [0.5, 0.6) is 5.75 Å². The van der Waals surface area contributed by atoms with Gasteiger partial charge in [-0.25, -0.2) is 0 Å². The highest BCUT2D eigenvalue weighted by Crippen LogP contribution is 2.16. The Bertz CT molecular complexity index is 590. The topological polar surface area (TPSA) is 38.3 Å². The normalized spacial score (nSPS) is 10.2. The first-order valence-corrected chi connectivity index (χ1v) is 7.23. The van der Waals surface area contributed by atoms with Crippen molar-refractivity contribution in [1.82, 2.24) is 0 Å². The monoisotopic (exact) mass is 283 g/mol. The first-order chi connectivity index (χ1) is 10.2. The third-order valence-corrected chi connectivity index (χ3v) is 3.47. The number of para-hydroxylation sites is 1. The van der Waals surface area contributed by atoms with Gasteiger partial charge in [-0.15, -0.1) is 0 Å². The maximum Gasteiger partial charge on any atom is 0.224 e. The number of nitrogens with one attached hydrogen (secondary N) is 1. The lowest BCUT2D eigenvalue weighted by Gasteiger charge is -2.09. The van der Waals surface area contributed by atoms with Crippen LogP contribution >= 0.6 is 0 Å². The molecule has 0 aliphatic carbocycles. The molecular formula is C18H21NO2. The molecule has 0 aromatic heterocycles. The van der Waals surface area contributed by atoms with Gasteiger partial charge in [0, 0.05) is 12.1 Å². The fourth-order valence-electron chi connectivity index (χ4n) is 2.21. The van der Waals surface area contributed by atoms with Crippen LogP contribution in [0.2, 0.25) is 0 Å². The number of amides is 1. The lowest BCUT2D eigenvalue weighted by Crippen LogP contribution is -2.13. The highest BCUT2D eigenvalue weighted by molar-refractivity contribution is 5.91.